The van der Waals surface area contributed by atoms with Gasteiger partial charge in [-0.2, -0.15) is 0 Å². The summed E-state index contributed by atoms with van der Waals surface area (Å²) in [6.07, 6.45) is 2.64. The van der Waals surface area contributed by atoms with Gasteiger partial charge in [-0.25, -0.2) is 9.59 Å². The van der Waals surface area contributed by atoms with Crippen molar-refractivity contribution in [2.45, 2.75) is 38.1 Å². The predicted molar refractivity (Wildman–Crippen MR) is 72.2 cm³/mol. The summed E-state index contributed by atoms with van der Waals surface area (Å²) < 4.78 is 0. The van der Waals surface area contributed by atoms with Crippen molar-refractivity contribution in [1.29, 1.82) is 0 Å². The summed E-state index contributed by atoms with van der Waals surface area (Å²) in [5.74, 6) is -0.954. The Morgan fingerprint density at radius 2 is 1.95 bits per heavy atom. The van der Waals surface area contributed by atoms with Crippen LogP contribution in [0.2, 0.25) is 0 Å². The molecule has 102 valence electrons. The highest BCUT2D eigenvalue weighted by molar-refractivity contribution is 5.94. The van der Waals surface area contributed by atoms with E-state index >= 15 is 0 Å². The number of carbonyl (C=O) groups excluding carboxylic acids is 1. The topological polar surface area (TPSA) is 78.4 Å². The molecule has 0 atom stereocenters. The number of rotatable bonds is 3. The first kappa shape index (κ1) is 13.4. The van der Waals surface area contributed by atoms with Crippen LogP contribution in [0.3, 0.4) is 0 Å². The molecule has 0 saturated heterocycles. The fourth-order valence-electron chi connectivity index (χ4n) is 2.47. The van der Waals surface area contributed by atoms with Crippen molar-refractivity contribution in [2.75, 3.05) is 5.32 Å². The number of anilines is 1. The lowest BCUT2D eigenvalue weighted by molar-refractivity contribution is -0.144. The van der Waals surface area contributed by atoms with E-state index in [0.717, 1.165) is 18.4 Å². The first-order valence-electron chi connectivity index (χ1n) is 6.41. The molecule has 19 heavy (non-hydrogen) atoms. The maximum Gasteiger partial charge on any atom is 0.329 e. The van der Waals surface area contributed by atoms with Crippen molar-refractivity contribution in [1.82, 2.24) is 5.32 Å². The van der Waals surface area contributed by atoms with Crippen LogP contribution in [0.5, 0.6) is 0 Å². The molecule has 0 aliphatic heterocycles. The van der Waals surface area contributed by atoms with Crippen molar-refractivity contribution in [3.05, 3.63) is 29.8 Å². The van der Waals surface area contributed by atoms with Crippen LogP contribution >= 0.6 is 0 Å². The van der Waals surface area contributed by atoms with Gasteiger partial charge in [0.1, 0.15) is 5.54 Å². The number of carboxylic acid groups (broad SMARTS) is 1. The molecule has 3 N–H and O–H groups in total. The maximum atomic E-state index is 11.9. The maximum absolute atomic E-state index is 11.9. The summed E-state index contributed by atoms with van der Waals surface area (Å²) in [4.78, 5) is 23.2. The second-order valence-electron chi connectivity index (χ2n) is 5.04. The molecule has 2 rings (SSSR count). The van der Waals surface area contributed by atoms with Crippen molar-refractivity contribution in [3.63, 3.8) is 0 Å². The van der Waals surface area contributed by atoms with Gasteiger partial charge in [0.05, 0.1) is 0 Å². The number of carbonyl (C=O) groups is 2. The van der Waals surface area contributed by atoms with E-state index in [-0.39, 0.29) is 0 Å². The zero-order valence-electron chi connectivity index (χ0n) is 10.9. The van der Waals surface area contributed by atoms with Gasteiger partial charge in [0.15, 0.2) is 0 Å². The molecule has 1 aromatic rings. The molecule has 0 aromatic heterocycles. The molecule has 1 fully saturated rings. The second kappa shape index (κ2) is 5.30. The summed E-state index contributed by atoms with van der Waals surface area (Å²) in [6.45, 7) is 1.93. The van der Waals surface area contributed by atoms with Gasteiger partial charge < -0.3 is 15.7 Å². The minimum atomic E-state index is -1.10. The van der Waals surface area contributed by atoms with Crippen LogP contribution in [-0.4, -0.2) is 22.6 Å². The van der Waals surface area contributed by atoms with E-state index in [1.165, 1.54) is 0 Å². The first-order valence-corrected chi connectivity index (χ1v) is 6.41. The van der Waals surface area contributed by atoms with Crippen LogP contribution in [-0.2, 0) is 4.79 Å². The predicted octanol–water partition coefficient (Wildman–Crippen LogP) is 2.51. The monoisotopic (exact) mass is 262 g/mol. The Morgan fingerprint density at radius 3 is 2.53 bits per heavy atom. The van der Waals surface area contributed by atoms with Crippen LogP contribution in [0.4, 0.5) is 10.5 Å². The van der Waals surface area contributed by atoms with Gasteiger partial charge in [-0.1, -0.05) is 25.0 Å². The summed E-state index contributed by atoms with van der Waals surface area (Å²) in [7, 11) is 0. The summed E-state index contributed by atoms with van der Waals surface area (Å²) in [5.41, 5.74) is 0.594. The van der Waals surface area contributed by atoms with Gasteiger partial charge in [-0.3, -0.25) is 0 Å². The zero-order chi connectivity index (χ0) is 13.9. The Kier molecular flexibility index (Phi) is 3.74. The molecule has 5 nitrogen and oxygen atoms in total. The van der Waals surface area contributed by atoms with Crippen LogP contribution in [0.1, 0.15) is 31.2 Å². The molecule has 1 aliphatic carbocycles. The van der Waals surface area contributed by atoms with Crippen molar-refractivity contribution in [3.8, 4) is 0 Å². The van der Waals surface area contributed by atoms with E-state index < -0.39 is 17.5 Å². The lowest BCUT2D eigenvalue weighted by atomic mass is 9.98. The number of carboxylic acids is 1. The van der Waals surface area contributed by atoms with Gasteiger partial charge in [-0.15, -0.1) is 0 Å². The Balaban J connectivity index is 2.02. The third kappa shape index (κ3) is 3.05. The minimum Gasteiger partial charge on any atom is -0.480 e. The SMILES string of the molecule is Cc1cccc(NC(=O)NC2(C(=O)O)CCCC2)c1. The van der Waals surface area contributed by atoms with Crippen molar-refractivity contribution >= 4 is 17.7 Å². The highest BCUT2D eigenvalue weighted by Gasteiger charge is 2.42. The fourth-order valence-corrected chi connectivity index (χ4v) is 2.47. The number of benzene rings is 1. The Morgan fingerprint density at radius 1 is 1.26 bits per heavy atom. The highest BCUT2D eigenvalue weighted by Crippen LogP contribution is 2.30. The second-order valence-corrected chi connectivity index (χ2v) is 5.04. The van der Waals surface area contributed by atoms with Crippen LogP contribution in [0.15, 0.2) is 24.3 Å². The lowest BCUT2D eigenvalue weighted by Gasteiger charge is -2.25. The zero-order valence-corrected chi connectivity index (χ0v) is 10.9. The molecular weight excluding hydrogens is 244 g/mol. The lowest BCUT2D eigenvalue weighted by Crippen LogP contribution is -2.53. The number of aryl methyl sites for hydroxylation is 1. The van der Waals surface area contributed by atoms with Gasteiger partial charge >= 0.3 is 12.0 Å². The molecule has 1 aromatic carbocycles. The normalized spacial score (nSPS) is 16.9. The van der Waals surface area contributed by atoms with Crippen LogP contribution < -0.4 is 10.6 Å². The molecule has 2 amide bonds. The molecule has 0 radical (unpaired) electrons. The minimum absolute atomic E-state index is 0.463. The average molecular weight is 262 g/mol. The number of hydrogen-bond acceptors (Lipinski definition) is 2. The Bertz CT molecular complexity index is 493. The Hall–Kier alpha value is -2.04. The molecule has 0 bridgehead atoms. The quantitative estimate of drug-likeness (QED) is 0.783. The summed E-state index contributed by atoms with van der Waals surface area (Å²) in [6, 6.07) is 6.91. The molecule has 0 unspecified atom stereocenters. The summed E-state index contributed by atoms with van der Waals surface area (Å²) in [5, 5.41) is 14.6. The van der Waals surface area contributed by atoms with E-state index in [2.05, 4.69) is 10.6 Å². The molecule has 0 heterocycles. The van der Waals surface area contributed by atoms with E-state index in [9.17, 15) is 14.7 Å². The molecule has 5 heteroatoms. The average Bonchev–Trinajstić information content (AvgIpc) is 2.78. The number of aliphatic carboxylic acids is 1. The molecular formula is C14H18N2O3. The van der Waals surface area contributed by atoms with Crippen LogP contribution in [0, 0.1) is 6.92 Å². The van der Waals surface area contributed by atoms with E-state index in [0.29, 0.717) is 18.5 Å². The van der Waals surface area contributed by atoms with Crippen molar-refractivity contribution < 1.29 is 14.7 Å². The van der Waals surface area contributed by atoms with Crippen molar-refractivity contribution in [2.24, 2.45) is 0 Å². The number of amides is 2. The molecule has 1 saturated carbocycles. The summed E-state index contributed by atoms with van der Waals surface area (Å²) >= 11 is 0. The standard InChI is InChI=1S/C14H18N2O3/c1-10-5-4-6-11(9-10)15-13(19)16-14(12(17)18)7-2-3-8-14/h4-6,9H,2-3,7-8H2,1H3,(H,17,18)(H2,15,16,19). The third-order valence-corrected chi connectivity index (χ3v) is 3.50. The van der Waals surface area contributed by atoms with E-state index in [4.69, 9.17) is 0 Å². The Labute approximate surface area is 112 Å². The third-order valence-electron chi connectivity index (χ3n) is 3.50. The largest absolute Gasteiger partial charge is 0.480 e. The van der Waals surface area contributed by atoms with Gasteiger partial charge in [0.25, 0.3) is 0 Å². The fraction of sp³-hybridized carbons (Fsp3) is 0.429. The number of hydrogen-bond donors (Lipinski definition) is 3. The van der Waals surface area contributed by atoms with Crippen LogP contribution in [0.25, 0.3) is 0 Å². The van der Waals surface area contributed by atoms with E-state index in [1.54, 1.807) is 6.07 Å². The van der Waals surface area contributed by atoms with Gasteiger partial charge in [0, 0.05) is 5.69 Å². The first-order chi connectivity index (χ1) is 9.02. The number of nitrogens with one attached hydrogen (secondary N) is 2. The van der Waals surface area contributed by atoms with E-state index in [1.807, 2.05) is 25.1 Å². The molecule has 0 spiro atoms. The van der Waals surface area contributed by atoms with Gasteiger partial charge in [-0.05, 0) is 37.5 Å². The van der Waals surface area contributed by atoms with Gasteiger partial charge in [0.2, 0.25) is 0 Å². The number of urea groups is 1. The smallest absolute Gasteiger partial charge is 0.329 e. The highest BCUT2D eigenvalue weighted by atomic mass is 16.4. The molecule has 1 aliphatic rings.